The molecule has 3 rings (SSSR count). The van der Waals surface area contributed by atoms with Crippen molar-refractivity contribution in [1.82, 2.24) is 15.5 Å². The average molecular weight is 309 g/mol. The van der Waals surface area contributed by atoms with Crippen molar-refractivity contribution in [1.29, 1.82) is 0 Å². The van der Waals surface area contributed by atoms with E-state index in [0.29, 0.717) is 31.2 Å². The van der Waals surface area contributed by atoms with Gasteiger partial charge in [-0.15, -0.1) is 12.4 Å². The van der Waals surface area contributed by atoms with Crippen LogP contribution in [0.3, 0.4) is 0 Å². The summed E-state index contributed by atoms with van der Waals surface area (Å²) >= 11 is 0. The van der Waals surface area contributed by atoms with Gasteiger partial charge >= 0.3 is 0 Å². The van der Waals surface area contributed by atoms with Crippen molar-refractivity contribution in [3.63, 3.8) is 0 Å². The fourth-order valence-electron chi connectivity index (χ4n) is 2.30. The highest BCUT2D eigenvalue weighted by atomic mass is 35.5. The molecule has 6 nitrogen and oxygen atoms in total. The Hall–Kier alpha value is -1.92. The van der Waals surface area contributed by atoms with Crippen molar-refractivity contribution >= 4 is 18.3 Å². The highest BCUT2D eigenvalue weighted by molar-refractivity contribution is 5.85. The summed E-state index contributed by atoms with van der Waals surface area (Å²) in [6, 6.07) is 7.73. The number of carbonyl (C=O) groups excluding carboxylic acids is 1. The third kappa shape index (κ3) is 3.40. The van der Waals surface area contributed by atoms with Crippen LogP contribution in [-0.2, 0) is 11.3 Å². The van der Waals surface area contributed by atoms with E-state index in [-0.39, 0.29) is 24.2 Å². The van der Waals surface area contributed by atoms with Gasteiger partial charge in [0.05, 0.1) is 0 Å². The molecule has 112 valence electrons. The van der Waals surface area contributed by atoms with Gasteiger partial charge < -0.3 is 15.6 Å². The number of hydrogen-bond donors (Lipinski definition) is 2. The second kappa shape index (κ2) is 6.69. The largest absolute Gasteiger partial charge is 0.356 e. The Kier molecular flexibility index (Phi) is 4.93. The molecule has 1 aromatic carbocycles. The number of rotatable bonds is 3. The predicted molar refractivity (Wildman–Crippen MR) is 79.9 cm³/mol. The lowest BCUT2D eigenvalue weighted by molar-refractivity contribution is -0.122. The molecule has 0 saturated carbocycles. The van der Waals surface area contributed by atoms with Crippen LogP contribution in [0.2, 0.25) is 0 Å². The van der Waals surface area contributed by atoms with E-state index < -0.39 is 0 Å². The lowest BCUT2D eigenvalue weighted by Crippen LogP contribution is -2.32. The first-order chi connectivity index (χ1) is 9.76. The van der Waals surface area contributed by atoms with Crippen LogP contribution in [0.15, 0.2) is 28.8 Å². The summed E-state index contributed by atoms with van der Waals surface area (Å²) in [6.45, 7) is 1.17. The Bertz CT molecular complexity index is 612. The molecule has 1 aromatic heterocycles. The third-order valence-electron chi connectivity index (χ3n) is 3.49. The SMILES string of the molecule is Cl.NCc1ccc(-c2noc(C3CCNC(=O)C3)n2)cc1. The van der Waals surface area contributed by atoms with E-state index in [9.17, 15) is 4.79 Å². The van der Waals surface area contributed by atoms with Crippen molar-refractivity contribution < 1.29 is 9.32 Å². The van der Waals surface area contributed by atoms with Gasteiger partial charge in [0.25, 0.3) is 0 Å². The third-order valence-corrected chi connectivity index (χ3v) is 3.49. The van der Waals surface area contributed by atoms with Crippen LogP contribution in [0.1, 0.15) is 30.2 Å². The lowest BCUT2D eigenvalue weighted by Gasteiger charge is -2.18. The van der Waals surface area contributed by atoms with Gasteiger partial charge in [-0.2, -0.15) is 4.98 Å². The van der Waals surface area contributed by atoms with E-state index in [4.69, 9.17) is 10.3 Å². The number of hydrogen-bond acceptors (Lipinski definition) is 5. The molecule has 1 aliphatic rings. The minimum atomic E-state index is 0. The van der Waals surface area contributed by atoms with Crippen LogP contribution >= 0.6 is 12.4 Å². The van der Waals surface area contributed by atoms with Crippen LogP contribution in [-0.4, -0.2) is 22.6 Å². The number of halogens is 1. The summed E-state index contributed by atoms with van der Waals surface area (Å²) in [6.07, 6.45) is 1.24. The Morgan fingerprint density at radius 1 is 1.33 bits per heavy atom. The number of aromatic nitrogens is 2. The first-order valence-corrected chi connectivity index (χ1v) is 6.66. The van der Waals surface area contributed by atoms with Crippen molar-refractivity contribution in [3.8, 4) is 11.4 Å². The van der Waals surface area contributed by atoms with Gasteiger partial charge in [-0.3, -0.25) is 4.79 Å². The highest BCUT2D eigenvalue weighted by Gasteiger charge is 2.25. The molecule has 0 bridgehead atoms. The number of nitrogens with zero attached hydrogens (tertiary/aromatic N) is 2. The van der Waals surface area contributed by atoms with Crippen LogP contribution in [0.25, 0.3) is 11.4 Å². The van der Waals surface area contributed by atoms with Crippen LogP contribution < -0.4 is 11.1 Å². The minimum absolute atomic E-state index is 0. The summed E-state index contributed by atoms with van der Waals surface area (Å²) in [7, 11) is 0. The fraction of sp³-hybridized carbons (Fsp3) is 0.357. The minimum Gasteiger partial charge on any atom is -0.356 e. The van der Waals surface area contributed by atoms with Gasteiger partial charge in [0, 0.05) is 31.0 Å². The zero-order chi connectivity index (χ0) is 13.9. The number of nitrogens with two attached hydrogens (primary N) is 1. The zero-order valence-corrected chi connectivity index (χ0v) is 12.2. The lowest BCUT2D eigenvalue weighted by atomic mass is 9.98. The molecule has 1 saturated heterocycles. The summed E-state index contributed by atoms with van der Waals surface area (Å²) < 4.78 is 5.30. The summed E-state index contributed by atoms with van der Waals surface area (Å²) in [4.78, 5) is 15.8. The van der Waals surface area contributed by atoms with E-state index in [1.165, 1.54) is 0 Å². The van der Waals surface area contributed by atoms with Crippen LogP contribution in [0.4, 0.5) is 0 Å². The molecule has 1 aliphatic heterocycles. The monoisotopic (exact) mass is 308 g/mol. The number of amides is 1. The van der Waals surface area contributed by atoms with Crippen LogP contribution in [0, 0.1) is 0 Å². The normalized spacial score (nSPS) is 18.0. The predicted octanol–water partition coefficient (Wildman–Crippen LogP) is 1.61. The number of benzene rings is 1. The number of piperidine rings is 1. The summed E-state index contributed by atoms with van der Waals surface area (Å²) in [5, 5.41) is 6.79. The topological polar surface area (TPSA) is 94.0 Å². The van der Waals surface area contributed by atoms with Gasteiger partial charge in [0.2, 0.25) is 17.6 Å². The van der Waals surface area contributed by atoms with E-state index in [1.54, 1.807) is 0 Å². The maximum Gasteiger partial charge on any atom is 0.230 e. The fourth-order valence-corrected chi connectivity index (χ4v) is 2.30. The second-order valence-corrected chi connectivity index (χ2v) is 4.90. The average Bonchev–Trinajstić information content (AvgIpc) is 2.97. The molecule has 2 heterocycles. The molecule has 0 spiro atoms. The van der Waals surface area contributed by atoms with E-state index in [0.717, 1.165) is 17.5 Å². The van der Waals surface area contributed by atoms with Crippen molar-refractivity contribution in [2.24, 2.45) is 5.73 Å². The molecule has 1 atom stereocenters. The molecule has 1 fully saturated rings. The molecule has 2 aromatic rings. The molecule has 0 aliphatic carbocycles. The molecule has 21 heavy (non-hydrogen) atoms. The Morgan fingerprint density at radius 3 is 2.76 bits per heavy atom. The highest BCUT2D eigenvalue weighted by Crippen LogP contribution is 2.26. The van der Waals surface area contributed by atoms with Crippen molar-refractivity contribution in [2.45, 2.75) is 25.3 Å². The second-order valence-electron chi connectivity index (χ2n) is 4.90. The number of nitrogens with one attached hydrogen (secondary N) is 1. The first-order valence-electron chi connectivity index (χ1n) is 6.66. The Morgan fingerprint density at radius 2 is 2.10 bits per heavy atom. The molecule has 1 amide bonds. The first kappa shape index (κ1) is 15.5. The molecule has 0 radical (unpaired) electrons. The van der Waals surface area contributed by atoms with E-state index >= 15 is 0 Å². The Balaban J connectivity index is 0.00000161. The molecule has 1 unspecified atom stereocenters. The summed E-state index contributed by atoms with van der Waals surface area (Å²) in [5.74, 6) is 1.15. The maximum atomic E-state index is 11.4. The molecule has 7 heteroatoms. The maximum absolute atomic E-state index is 11.4. The van der Waals surface area contributed by atoms with Gasteiger partial charge in [0.1, 0.15) is 0 Å². The van der Waals surface area contributed by atoms with Gasteiger partial charge in [0.15, 0.2) is 0 Å². The smallest absolute Gasteiger partial charge is 0.230 e. The molecular weight excluding hydrogens is 292 g/mol. The van der Waals surface area contributed by atoms with Crippen LogP contribution in [0.5, 0.6) is 0 Å². The van der Waals surface area contributed by atoms with Gasteiger partial charge in [-0.25, -0.2) is 0 Å². The van der Waals surface area contributed by atoms with Crippen molar-refractivity contribution in [3.05, 3.63) is 35.7 Å². The summed E-state index contributed by atoms with van der Waals surface area (Å²) in [5.41, 5.74) is 7.51. The molecular formula is C14H17ClN4O2. The quantitative estimate of drug-likeness (QED) is 0.898. The van der Waals surface area contributed by atoms with E-state index in [1.807, 2.05) is 24.3 Å². The van der Waals surface area contributed by atoms with Gasteiger partial charge in [-0.05, 0) is 12.0 Å². The number of carbonyl (C=O) groups is 1. The van der Waals surface area contributed by atoms with Gasteiger partial charge in [-0.1, -0.05) is 29.4 Å². The zero-order valence-electron chi connectivity index (χ0n) is 11.4. The molecule has 3 N–H and O–H groups in total. The standard InChI is InChI=1S/C14H16N4O2.ClH/c15-8-9-1-3-10(4-2-9)13-17-14(20-18-13)11-5-6-16-12(19)7-11;/h1-4,11H,5-8,15H2,(H,16,19);1H. The Labute approximate surface area is 128 Å². The van der Waals surface area contributed by atoms with E-state index in [2.05, 4.69) is 15.5 Å². The van der Waals surface area contributed by atoms with Crippen molar-refractivity contribution in [2.75, 3.05) is 6.54 Å².